The van der Waals surface area contributed by atoms with Gasteiger partial charge in [-0.3, -0.25) is 0 Å². The second-order valence-corrected chi connectivity index (χ2v) is 5.94. The smallest absolute Gasteiger partial charge is 0.128 e. The summed E-state index contributed by atoms with van der Waals surface area (Å²) in [6.07, 6.45) is 5.16. The number of nitrogens with zero attached hydrogens (tertiary/aromatic N) is 2. The molecule has 0 aliphatic heterocycles. The first kappa shape index (κ1) is 14.0. The van der Waals surface area contributed by atoms with Crippen LogP contribution < -0.4 is 4.90 Å². The molecule has 0 amide bonds. The maximum absolute atomic E-state index is 6.04. The molecule has 1 saturated carbocycles. The highest BCUT2D eigenvalue weighted by molar-refractivity contribution is 6.32. The average molecular weight is 287 g/mol. The van der Waals surface area contributed by atoms with E-state index in [0.717, 1.165) is 17.4 Å². The van der Waals surface area contributed by atoms with Crippen LogP contribution in [0.2, 0.25) is 5.02 Å². The van der Waals surface area contributed by atoms with Crippen molar-refractivity contribution in [1.29, 1.82) is 0 Å². The van der Waals surface area contributed by atoms with Crippen LogP contribution in [0, 0.1) is 5.92 Å². The predicted octanol–water partition coefficient (Wildman–Crippen LogP) is 4.49. The topological polar surface area (TPSA) is 16.1 Å². The van der Waals surface area contributed by atoms with Crippen molar-refractivity contribution in [2.45, 2.75) is 44.5 Å². The van der Waals surface area contributed by atoms with Gasteiger partial charge < -0.3 is 4.90 Å². The van der Waals surface area contributed by atoms with Crippen LogP contribution in [0.5, 0.6) is 0 Å². The van der Waals surface area contributed by atoms with E-state index in [-0.39, 0.29) is 0 Å². The van der Waals surface area contributed by atoms with Crippen LogP contribution in [-0.2, 0) is 5.88 Å². The van der Waals surface area contributed by atoms with Gasteiger partial charge in [-0.05, 0) is 30.9 Å². The number of hydrogen-bond acceptors (Lipinski definition) is 2. The van der Waals surface area contributed by atoms with E-state index in [2.05, 4.69) is 23.9 Å². The normalized spacial score (nSPS) is 24.0. The van der Waals surface area contributed by atoms with Crippen molar-refractivity contribution in [3.63, 3.8) is 0 Å². The highest BCUT2D eigenvalue weighted by Gasteiger charge is 2.23. The fourth-order valence-corrected chi connectivity index (χ4v) is 3.15. The molecule has 0 saturated heterocycles. The van der Waals surface area contributed by atoms with Crippen molar-refractivity contribution in [1.82, 2.24) is 4.98 Å². The van der Waals surface area contributed by atoms with Crippen molar-refractivity contribution in [2.24, 2.45) is 5.92 Å². The van der Waals surface area contributed by atoms with Gasteiger partial charge in [0, 0.05) is 13.1 Å². The van der Waals surface area contributed by atoms with E-state index in [1.807, 2.05) is 12.1 Å². The summed E-state index contributed by atoms with van der Waals surface area (Å²) in [5.74, 6) is 2.15. The van der Waals surface area contributed by atoms with E-state index >= 15 is 0 Å². The van der Waals surface area contributed by atoms with E-state index in [1.54, 1.807) is 0 Å². The Labute approximate surface area is 119 Å². The van der Waals surface area contributed by atoms with Crippen molar-refractivity contribution >= 4 is 29.0 Å². The first-order chi connectivity index (χ1) is 8.61. The van der Waals surface area contributed by atoms with E-state index in [0.29, 0.717) is 16.9 Å². The summed E-state index contributed by atoms with van der Waals surface area (Å²) in [4.78, 5) is 6.83. The van der Waals surface area contributed by atoms with Crippen LogP contribution in [0.15, 0.2) is 12.1 Å². The second-order valence-electron chi connectivity index (χ2n) is 5.27. The molecule has 0 spiro atoms. The molecule has 1 aromatic heterocycles. The first-order valence-corrected chi connectivity index (χ1v) is 7.47. The lowest BCUT2D eigenvalue weighted by Gasteiger charge is -2.35. The third-order valence-electron chi connectivity index (χ3n) is 3.85. The Morgan fingerprint density at radius 3 is 2.83 bits per heavy atom. The number of hydrogen-bond donors (Lipinski definition) is 0. The number of halogens is 2. The molecule has 2 atom stereocenters. The SMILES string of the molecule is CC1CCCC(N(C)c2ccc(Cl)c(CCl)n2)C1. The Balaban J connectivity index is 2.14. The molecule has 0 aromatic carbocycles. The summed E-state index contributed by atoms with van der Waals surface area (Å²) < 4.78 is 0. The molecule has 18 heavy (non-hydrogen) atoms. The molecule has 100 valence electrons. The fourth-order valence-electron chi connectivity index (χ4n) is 2.70. The summed E-state index contributed by atoms with van der Waals surface area (Å²) in [5.41, 5.74) is 0.770. The summed E-state index contributed by atoms with van der Waals surface area (Å²) in [6.45, 7) is 2.33. The monoisotopic (exact) mass is 286 g/mol. The molecular weight excluding hydrogens is 267 g/mol. The number of anilines is 1. The van der Waals surface area contributed by atoms with Crippen LogP contribution >= 0.6 is 23.2 Å². The zero-order chi connectivity index (χ0) is 13.1. The van der Waals surface area contributed by atoms with Crippen LogP contribution in [0.4, 0.5) is 5.82 Å². The van der Waals surface area contributed by atoms with E-state index < -0.39 is 0 Å². The molecule has 1 fully saturated rings. The quantitative estimate of drug-likeness (QED) is 0.761. The molecule has 2 unspecified atom stereocenters. The molecule has 4 heteroatoms. The third-order valence-corrected chi connectivity index (χ3v) is 4.45. The zero-order valence-corrected chi connectivity index (χ0v) is 12.5. The molecule has 1 aliphatic carbocycles. The van der Waals surface area contributed by atoms with Crippen LogP contribution in [-0.4, -0.2) is 18.1 Å². The van der Waals surface area contributed by atoms with E-state index in [1.165, 1.54) is 25.7 Å². The maximum atomic E-state index is 6.04. The zero-order valence-electron chi connectivity index (χ0n) is 11.0. The minimum absolute atomic E-state index is 0.363. The largest absolute Gasteiger partial charge is 0.357 e. The Bertz CT molecular complexity index is 409. The second kappa shape index (κ2) is 6.12. The minimum atomic E-state index is 0.363. The molecule has 1 aromatic rings. The first-order valence-electron chi connectivity index (χ1n) is 6.56. The molecular formula is C14H20Cl2N2. The van der Waals surface area contributed by atoms with Crippen molar-refractivity contribution in [3.05, 3.63) is 22.8 Å². The van der Waals surface area contributed by atoms with Crippen LogP contribution in [0.1, 0.15) is 38.3 Å². The van der Waals surface area contributed by atoms with Gasteiger partial charge in [0.15, 0.2) is 0 Å². The Morgan fingerprint density at radius 2 is 2.17 bits per heavy atom. The summed E-state index contributed by atoms with van der Waals surface area (Å²) >= 11 is 11.9. The number of rotatable bonds is 3. The van der Waals surface area contributed by atoms with Gasteiger partial charge in [-0.1, -0.05) is 31.4 Å². The van der Waals surface area contributed by atoms with Gasteiger partial charge in [0.05, 0.1) is 16.6 Å². The molecule has 1 aliphatic rings. The molecule has 1 heterocycles. The average Bonchev–Trinajstić information content (AvgIpc) is 2.38. The van der Waals surface area contributed by atoms with Crippen molar-refractivity contribution < 1.29 is 0 Å². The molecule has 0 N–H and O–H groups in total. The minimum Gasteiger partial charge on any atom is -0.357 e. The Morgan fingerprint density at radius 1 is 1.39 bits per heavy atom. The lowest BCUT2D eigenvalue weighted by molar-refractivity contribution is 0.335. The molecule has 0 radical (unpaired) electrons. The Hall–Kier alpha value is -0.470. The summed E-state index contributed by atoms with van der Waals surface area (Å²) in [6, 6.07) is 4.47. The Kier molecular flexibility index (Phi) is 4.74. The summed E-state index contributed by atoms with van der Waals surface area (Å²) in [7, 11) is 2.12. The van der Waals surface area contributed by atoms with Crippen molar-refractivity contribution in [2.75, 3.05) is 11.9 Å². The fraction of sp³-hybridized carbons (Fsp3) is 0.643. The highest BCUT2D eigenvalue weighted by atomic mass is 35.5. The van der Waals surface area contributed by atoms with Gasteiger partial charge in [0.2, 0.25) is 0 Å². The maximum Gasteiger partial charge on any atom is 0.128 e. The molecule has 2 rings (SSSR count). The number of pyridine rings is 1. The predicted molar refractivity (Wildman–Crippen MR) is 78.6 cm³/mol. The van der Waals surface area contributed by atoms with Gasteiger partial charge >= 0.3 is 0 Å². The van der Waals surface area contributed by atoms with Gasteiger partial charge in [-0.2, -0.15) is 0 Å². The van der Waals surface area contributed by atoms with Gasteiger partial charge in [0.25, 0.3) is 0 Å². The van der Waals surface area contributed by atoms with Crippen molar-refractivity contribution in [3.8, 4) is 0 Å². The van der Waals surface area contributed by atoms with Gasteiger partial charge in [-0.15, -0.1) is 11.6 Å². The van der Waals surface area contributed by atoms with Crippen LogP contribution in [0.25, 0.3) is 0 Å². The lowest BCUT2D eigenvalue weighted by Crippen LogP contribution is -2.36. The third kappa shape index (κ3) is 3.10. The summed E-state index contributed by atoms with van der Waals surface area (Å²) in [5, 5.41) is 0.652. The van der Waals surface area contributed by atoms with Gasteiger partial charge in [-0.25, -0.2) is 4.98 Å². The lowest BCUT2D eigenvalue weighted by atomic mass is 9.86. The highest BCUT2D eigenvalue weighted by Crippen LogP contribution is 2.29. The number of alkyl halides is 1. The van der Waals surface area contributed by atoms with E-state index in [9.17, 15) is 0 Å². The standard InChI is InChI=1S/C14H20Cl2N2/c1-10-4-3-5-11(8-10)18(2)14-7-6-12(16)13(9-15)17-14/h6-7,10-11H,3-5,8-9H2,1-2H3. The number of aromatic nitrogens is 1. The molecule has 2 nitrogen and oxygen atoms in total. The van der Waals surface area contributed by atoms with E-state index in [4.69, 9.17) is 23.2 Å². The van der Waals surface area contributed by atoms with Crippen LogP contribution in [0.3, 0.4) is 0 Å². The van der Waals surface area contributed by atoms with Gasteiger partial charge in [0.1, 0.15) is 5.82 Å². The molecule has 0 bridgehead atoms.